The van der Waals surface area contributed by atoms with Crippen molar-refractivity contribution < 1.29 is 19.0 Å². The van der Waals surface area contributed by atoms with Crippen LogP contribution in [0.4, 0.5) is 4.39 Å². The van der Waals surface area contributed by atoms with Crippen LogP contribution in [-0.4, -0.2) is 36.4 Å². The van der Waals surface area contributed by atoms with Gasteiger partial charge in [-0.15, -0.1) is 0 Å². The number of primary amides is 1. The van der Waals surface area contributed by atoms with Crippen LogP contribution in [0.1, 0.15) is 5.56 Å². The SMILES string of the molecule is [N-]=[N+]=N[C@@H](Cc1ccc(OCC(O)CF)cc1)C(N)=O. The number of rotatable bonds is 8. The van der Waals surface area contributed by atoms with Gasteiger partial charge in [-0.2, -0.15) is 0 Å². The van der Waals surface area contributed by atoms with Gasteiger partial charge in [0.2, 0.25) is 5.91 Å². The van der Waals surface area contributed by atoms with Crippen molar-refractivity contribution in [3.63, 3.8) is 0 Å². The molecule has 1 amide bonds. The van der Waals surface area contributed by atoms with E-state index < -0.39 is 24.7 Å². The molecule has 0 saturated heterocycles. The monoisotopic (exact) mass is 282 g/mol. The molecule has 0 aromatic heterocycles. The summed E-state index contributed by atoms with van der Waals surface area (Å²) in [5.41, 5.74) is 14.2. The average molecular weight is 282 g/mol. The number of carbonyl (C=O) groups is 1. The van der Waals surface area contributed by atoms with Gasteiger partial charge in [-0.3, -0.25) is 4.79 Å². The highest BCUT2D eigenvalue weighted by atomic mass is 19.1. The number of nitrogens with zero attached hydrogens (tertiary/aromatic N) is 3. The van der Waals surface area contributed by atoms with Crippen LogP contribution < -0.4 is 10.5 Å². The van der Waals surface area contributed by atoms with Gasteiger partial charge in [-0.1, -0.05) is 17.2 Å². The van der Waals surface area contributed by atoms with Gasteiger partial charge in [0.05, 0.1) is 0 Å². The summed E-state index contributed by atoms with van der Waals surface area (Å²) in [6.45, 7) is -1.01. The minimum Gasteiger partial charge on any atom is -0.491 e. The molecule has 0 aliphatic carbocycles. The van der Waals surface area contributed by atoms with E-state index in [0.717, 1.165) is 5.56 Å². The number of carbonyl (C=O) groups excluding carboxylic acids is 1. The second-order valence-electron chi connectivity index (χ2n) is 4.09. The van der Waals surface area contributed by atoms with Gasteiger partial charge in [-0.25, -0.2) is 4.39 Å². The molecular formula is C12H15FN4O3. The predicted octanol–water partition coefficient (Wildman–Crippen LogP) is 1.10. The number of hydrogen-bond donors (Lipinski definition) is 2. The molecule has 2 atom stereocenters. The van der Waals surface area contributed by atoms with Crippen LogP contribution in [0.3, 0.4) is 0 Å². The maximum atomic E-state index is 12.0. The third kappa shape index (κ3) is 5.13. The van der Waals surface area contributed by atoms with Crippen LogP contribution in [0.5, 0.6) is 5.75 Å². The summed E-state index contributed by atoms with van der Waals surface area (Å²) in [5.74, 6) is -0.241. The topological polar surface area (TPSA) is 121 Å². The van der Waals surface area contributed by atoms with Gasteiger partial charge in [0.25, 0.3) is 0 Å². The Morgan fingerprint density at radius 2 is 2.15 bits per heavy atom. The van der Waals surface area contributed by atoms with Crippen LogP contribution in [0.15, 0.2) is 29.4 Å². The van der Waals surface area contributed by atoms with Gasteiger partial charge in [0, 0.05) is 4.91 Å². The molecule has 108 valence electrons. The first-order valence-corrected chi connectivity index (χ1v) is 5.86. The number of nitrogens with two attached hydrogens (primary N) is 1. The minimum atomic E-state index is -1.15. The van der Waals surface area contributed by atoms with Crippen molar-refractivity contribution in [1.29, 1.82) is 0 Å². The zero-order chi connectivity index (χ0) is 15.0. The first kappa shape index (κ1) is 15.7. The summed E-state index contributed by atoms with van der Waals surface area (Å²) in [5, 5.41) is 12.3. The van der Waals surface area contributed by atoms with E-state index in [1.54, 1.807) is 24.3 Å². The molecule has 0 fully saturated rings. The molecule has 7 nitrogen and oxygen atoms in total. The summed E-state index contributed by atoms with van der Waals surface area (Å²) in [6, 6.07) is 5.60. The van der Waals surface area contributed by atoms with Crippen LogP contribution in [0.25, 0.3) is 10.4 Å². The number of amides is 1. The second kappa shape index (κ2) is 7.98. The molecule has 0 spiro atoms. The molecule has 0 bridgehead atoms. The lowest BCUT2D eigenvalue weighted by molar-refractivity contribution is -0.119. The lowest BCUT2D eigenvalue weighted by Crippen LogP contribution is -2.28. The molecule has 3 N–H and O–H groups in total. The average Bonchev–Trinajstić information content (AvgIpc) is 2.45. The molecule has 20 heavy (non-hydrogen) atoms. The lowest BCUT2D eigenvalue weighted by Gasteiger charge is -2.10. The van der Waals surface area contributed by atoms with Crippen molar-refractivity contribution in [1.82, 2.24) is 0 Å². The van der Waals surface area contributed by atoms with E-state index in [4.69, 9.17) is 21.1 Å². The van der Waals surface area contributed by atoms with Crippen molar-refractivity contribution in [3.05, 3.63) is 40.3 Å². The van der Waals surface area contributed by atoms with Crippen LogP contribution in [-0.2, 0) is 11.2 Å². The van der Waals surface area contributed by atoms with E-state index in [1.807, 2.05) is 0 Å². The predicted molar refractivity (Wildman–Crippen MR) is 69.8 cm³/mol. The zero-order valence-electron chi connectivity index (χ0n) is 10.6. The Bertz CT molecular complexity index is 486. The molecule has 0 heterocycles. The Hall–Kier alpha value is -2.31. The smallest absolute Gasteiger partial charge is 0.226 e. The molecule has 0 aliphatic heterocycles. The van der Waals surface area contributed by atoms with Crippen molar-refractivity contribution >= 4 is 5.91 Å². The van der Waals surface area contributed by atoms with E-state index >= 15 is 0 Å². The highest BCUT2D eigenvalue weighted by molar-refractivity contribution is 5.80. The Balaban J connectivity index is 2.61. The maximum absolute atomic E-state index is 12.0. The van der Waals surface area contributed by atoms with E-state index in [-0.39, 0.29) is 13.0 Å². The number of alkyl halides is 1. The molecular weight excluding hydrogens is 267 g/mol. The Morgan fingerprint density at radius 1 is 1.50 bits per heavy atom. The summed E-state index contributed by atoms with van der Waals surface area (Å²) in [6.07, 6.45) is -0.967. The second-order valence-corrected chi connectivity index (χ2v) is 4.09. The summed E-state index contributed by atoms with van der Waals surface area (Å²) in [4.78, 5) is 13.6. The molecule has 0 radical (unpaired) electrons. The van der Waals surface area contributed by atoms with Gasteiger partial charge >= 0.3 is 0 Å². The standard InChI is InChI=1S/C12H15FN4O3/c13-6-9(18)7-20-10-3-1-8(2-4-10)5-11(12(14)19)16-17-15/h1-4,9,11,18H,5-7H2,(H2,14,19)/t9?,11-/m0/s1. The Kier molecular flexibility index (Phi) is 6.28. The fraction of sp³-hybridized carbons (Fsp3) is 0.417. The highest BCUT2D eigenvalue weighted by Gasteiger charge is 2.13. The molecule has 0 aliphatic rings. The van der Waals surface area contributed by atoms with Gasteiger partial charge in [0.15, 0.2) is 0 Å². The first-order valence-electron chi connectivity index (χ1n) is 5.86. The molecule has 1 rings (SSSR count). The van der Waals surface area contributed by atoms with Crippen molar-refractivity contribution in [2.45, 2.75) is 18.6 Å². The largest absolute Gasteiger partial charge is 0.491 e. The number of hydrogen-bond acceptors (Lipinski definition) is 4. The third-order valence-corrected chi connectivity index (χ3v) is 2.49. The fourth-order valence-corrected chi connectivity index (χ4v) is 1.44. The first-order chi connectivity index (χ1) is 9.56. The summed E-state index contributed by atoms with van der Waals surface area (Å²) in [7, 11) is 0. The van der Waals surface area contributed by atoms with Gasteiger partial charge in [-0.05, 0) is 29.6 Å². The lowest BCUT2D eigenvalue weighted by atomic mass is 10.1. The van der Waals surface area contributed by atoms with Crippen LogP contribution in [0, 0.1) is 0 Å². The van der Waals surface area contributed by atoms with Crippen LogP contribution in [0.2, 0.25) is 0 Å². The molecule has 1 aromatic carbocycles. The number of aliphatic hydroxyl groups excluding tert-OH is 1. The quantitative estimate of drug-likeness (QED) is 0.421. The molecule has 1 aromatic rings. The van der Waals surface area contributed by atoms with Gasteiger partial charge < -0.3 is 15.6 Å². The third-order valence-electron chi connectivity index (χ3n) is 2.49. The number of benzene rings is 1. The normalized spacial score (nSPS) is 13.1. The Labute approximate surface area is 114 Å². The molecule has 0 saturated carbocycles. The van der Waals surface area contributed by atoms with Crippen molar-refractivity contribution in [2.24, 2.45) is 10.8 Å². The fourth-order valence-electron chi connectivity index (χ4n) is 1.44. The summed E-state index contributed by atoms with van der Waals surface area (Å²) >= 11 is 0. The molecule has 8 heteroatoms. The number of halogens is 1. The Morgan fingerprint density at radius 3 is 2.65 bits per heavy atom. The highest BCUT2D eigenvalue weighted by Crippen LogP contribution is 2.14. The van der Waals surface area contributed by atoms with E-state index in [2.05, 4.69) is 10.0 Å². The molecule has 1 unspecified atom stereocenters. The number of azide groups is 1. The van der Waals surface area contributed by atoms with Crippen molar-refractivity contribution in [2.75, 3.05) is 13.3 Å². The minimum absolute atomic E-state index is 0.140. The van der Waals surface area contributed by atoms with E-state index in [1.165, 1.54) is 0 Å². The van der Waals surface area contributed by atoms with E-state index in [0.29, 0.717) is 5.75 Å². The zero-order valence-corrected chi connectivity index (χ0v) is 10.6. The van der Waals surface area contributed by atoms with Gasteiger partial charge in [0.1, 0.15) is 31.2 Å². The maximum Gasteiger partial charge on any atom is 0.226 e. The van der Waals surface area contributed by atoms with Crippen molar-refractivity contribution in [3.8, 4) is 5.75 Å². The number of ether oxygens (including phenoxy) is 1. The number of aliphatic hydroxyl groups is 1. The summed E-state index contributed by atoms with van der Waals surface area (Å²) < 4.78 is 17.2. The van der Waals surface area contributed by atoms with E-state index in [9.17, 15) is 9.18 Å². The van der Waals surface area contributed by atoms with Crippen LogP contribution >= 0.6 is 0 Å².